The van der Waals surface area contributed by atoms with Gasteiger partial charge >= 0.3 is 5.97 Å². The number of carbonyl (C=O) groups excluding carboxylic acids is 3. The summed E-state index contributed by atoms with van der Waals surface area (Å²) in [6, 6.07) is 3.16. The van der Waals surface area contributed by atoms with Crippen LogP contribution in [0, 0.1) is 5.41 Å². The summed E-state index contributed by atoms with van der Waals surface area (Å²) >= 11 is 1.34. The van der Waals surface area contributed by atoms with Crippen molar-refractivity contribution in [2.24, 2.45) is 5.41 Å². The van der Waals surface area contributed by atoms with E-state index >= 15 is 0 Å². The van der Waals surface area contributed by atoms with E-state index in [0.29, 0.717) is 31.5 Å². The van der Waals surface area contributed by atoms with Crippen LogP contribution in [0.5, 0.6) is 5.75 Å². The van der Waals surface area contributed by atoms with E-state index in [2.05, 4.69) is 20.9 Å². The van der Waals surface area contributed by atoms with Gasteiger partial charge in [-0.15, -0.1) is 11.3 Å². The molecule has 40 heavy (non-hydrogen) atoms. The van der Waals surface area contributed by atoms with Gasteiger partial charge in [0.15, 0.2) is 0 Å². The second-order valence-electron chi connectivity index (χ2n) is 11.3. The standard InChI is InChI=1S/C28H39N5O6S/c1-28(2,3)11-10-21(27(38)39)31-25(36)22(14-19-15-40-16-30-19)32-26(37)23(13-18-6-8-20(35)9-7-18)33(17-34)24-5-4-12-29-24/h6-9,15-17,21-24,29,35H,4-5,10-14H2,1-3H3,(H,31,36)(H,32,37)(H,38,39)/t21-,22-,23-,24-/m0/s1. The maximum Gasteiger partial charge on any atom is 0.326 e. The number of nitrogens with zero attached hydrogens (tertiary/aromatic N) is 2. The minimum absolute atomic E-state index is 0.0569. The molecule has 2 aromatic rings. The lowest BCUT2D eigenvalue weighted by molar-refractivity contribution is -0.143. The number of carboxylic acids is 1. The summed E-state index contributed by atoms with van der Waals surface area (Å²) in [4.78, 5) is 57.1. The molecule has 0 saturated carbocycles. The van der Waals surface area contributed by atoms with E-state index in [1.165, 1.54) is 28.4 Å². The Kier molecular flexibility index (Phi) is 11.0. The Morgan fingerprint density at radius 3 is 2.40 bits per heavy atom. The van der Waals surface area contributed by atoms with Crippen LogP contribution >= 0.6 is 11.3 Å². The predicted molar refractivity (Wildman–Crippen MR) is 151 cm³/mol. The number of hydrogen-bond donors (Lipinski definition) is 5. The maximum atomic E-state index is 13.8. The molecule has 1 aliphatic rings. The number of benzene rings is 1. The lowest BCUT2D eigenvalue weighted by atomic mass is 9.88. The molecule has 1 aromatic heterocycles. The first kappa shape index (κ1) is 31.0. The number of phenolic OH excluding ortho intramolecular Hbond substituents is 1. The number of carboxylic acid groups (broad SMARTS) is 1. The number of aromatic nitrogens is 1. The number of carbonyl (C=O) groups is 4. The van der Waals surface area contributed by atoms with Crippen LogP contribution in [0.1, 0.15) is 57.7 Å². The number of phenols is 1. The second-order valence-corrected chi connectivity index (χ2v) is 12.0. The molecule has 3 rings (SSSR count). The number of hydrogen-bond acceptors (Lipinski definition) is 8. The Hall–Kier alpha value is -3.51. The highest BCUT2D eigenvalue weighted by Gasteiger charge is 2.35. The zero-order valence-corrected chi connectivity index (χ0v) is 23.9. The third kappa shape index (κ3) is 9.30. The molecule has 3 amide bonds. The molecular formula is C28H39N5O6S. The average Bonchev–Trinajstić information content (AvgIpc) is 3.61. The van der Waals surface area contributed by atoms with Crippen LogP contribution < -0.4 is 16.0 Å². The fourth-order valence-corrected chi connectivity index (χ4v) is 5.18. The lowest BCUT2D eigenvalue weighted by Gasteiger charge is -2.33. The van der Waals surface area contributed by atoms with Gasteiger partial charge in [0.1, 0.15) is 23.9 Å². The summed E-state index contributed by atoms with van der Waals surface area (Å²) in [6.07, 6.45) is 2.83. The summed E-state index contributed by atoms with van der Waals surface area (Å²) in [5.74, 6) is -2.26. The van der Waals surface area contributed by atoms with Gasteiger partial charge in [-0.2, -0.15) is 0 Å². The number of aromatic hydroxyl groups is 1. The van der Waals surface area contributed by atoms with Crippen molar-refractivity contribution in [1.82, 2.24) is 25.8 Å². The molecule has 0 spiro atoms. The molecule has 11 nitrogen and oxygen atoms in total. The van der Waals surface area contributed by atoms with Gasteiger partial charge in [-0.1, -0.05) is 32.9 Å². The van der Waals surface area contributed by atoms with E-state index in [0.717, 1.165) is 12.0 Å². The monoisotopic (exact) mass is 573 g/mol. The number of nitrogens with one attached hydrogen (secondary N) is 3. The molecule has 0 aliphatic carbocycles. The zero-order chi connectivity index (χ0) is 29.3. The van der Waals surface area contributed by atoms with E-state index in [-0.39, 0.29) is 36.6 Å². The van der Waals surface area contributed by atoms with Crippen molar-refractivity contribution < 1.29 is 29.4 Å². The molecule has 1 aromatic carbocycles. The molecule has 1 saturated heterocycles. The first-order chi connectivity index (χ1) is 19.0. The zero-order valence-electron chi connectivity index (χ0n) is 23.1. The molecule has 2 heterocycles. The predicted octanol–water partition coefficient (Wildman–Crippen LogP) is 2.05. The molecule has 0 unspecified atom stereocenters. The van der Waals surface area contributed by atoms with Crippen LogP contribution in [-0.2, 0) is 32.0 Å². The number of thiazole rings is 1. The van der Waals surface area contributed by atoms with Gasteiger partial charge in [-0.05, 0) is 55.3 Å². The third-order valence-electron chi connectivity index (χ3n) is 6.87. The number of aliphatic carboxylic acids is 1. The average molecular weight is 574 g/mol. The molecule has 0 radical (unpaired) electrons. The van der Waals surface area contributed by atoms with Crippen LogP contribution in [0.15, 0.2) is 35.2 Å². The van der Waals surface area contributed by atoms with Gasteiger partial charge in [0, 0.05) is 18.2 Å². The van der Waals surface area contributed by atoms with E-state index in [4.69, 9.17) is 0 Å². The van der Waals surface area contributed by atoms with Gasteiger partial charge < -0.3 is 25.7 Å². The Balaban J connectivity index is 1.84. The van der Waals surface area contributed by atoms with Gasteiger partial charge in [-0.3, -0.25) is 19.7 Å². The minimum atomic E-state index is -1.15. The fourth-order valence-electron chi connectivity index (χ4n) is 4.61. The van der Waals surface area contributed by atoms with Crippen molar-refractivity contribution in [2.75, 3.05) is 6.54 Å². The lowest BCUT2D eigenvalue weighted by Crippen LogP contribution is -2.59. The SMILES string of the molecule is CC(C)(C)CC[C@H](NC(=O)[C@H](Cc1cscn1)NC(=O)[C@H](Cc1ccc(O)cc1)N(C=O)[C@H]1CCCN1)C(=O)O. The van der Waals surface area contributed by atoms with E-state index in [1.807, 2.05) is 20.8 Å². The summed E-state index contributed by atoms with van der Waals surface area (Å²) in [5.41, 5.74) is 2.78. The van der Waals surface area contributed by atoms with E-state index < -0.39 is 35.9 Å². The van der Waals surface area contributed by atoms with Crippen molar-refractivity contribution in [3.63, 3.8) is 0 Å². The summed E-state index contributed by atoms with van der Waals surface area (Å²) in [7, 11) is 0. The Morgan fingerprint density at radius 1 is 1.15 bits per heavy atom. The quantitative estimate of drug-likeness (QED) is 0.215. The highest BCUT2D eigenvalue weighted by Crippen LogP contribution is 2.22. The van der Waals surface area contributed by atoms with Gasteiger partial charge in [0.25, 0.3) is 0 Å². The number of rotatable bonds is 14. The summed E-state index contributed by atoms with van der Waals surface area (Å²) in [6.45, 7) is 6.68. The van der Waals surface area contributed by atoms with Crippen LogP contribution in [0.2, 0.25) is 0 Å². The molecule has 0 bridgehead atoms. The number of amides is 3. The van der Waals surface area contributed by atoms with Crippen molar-refractivity contribution in [1.29, 1.82) is 0 Å². The molecule has 218 valence electrons. The van der Waals surface area contributed by atoms with Crippen LogP contribution in [0.25, 0.3) is 0 Å². The van der Waals surface area contributed by atoms with Gasteiger partial charge in [0.2, 0.25) is 18.2 Å². The Bertz CT molecular complexity index is 1130. The van der Waals surface area contributed by atoms with Crippen LogP contribution in [-0.4, -0.2) is 75.1 Å². The van der Waals surface area contributed by atoms with Crippen LogP contribution in [0.3, 0.4) is 0 Å². The maximum absolute atomic E-state index is 13.8. The highest BCUT2D eigenvalue weighted by molar-refractivity contribution is 7.07. The summed E-state index contributed by atoms with van der Waals surface area (Å²) in [5, 5.41) is 29.8. The Morgan fingerprint density at radius 2 is 1.85 bits per heavy atom. The normalized spacial score (nSPS) is 17.4. The minimum Gasteiger partial charge on any atom is -0.508 e. The van der Waals surface area contributed by atoms with Crippen molar-refractivity contribution in [3.8, 4) is 5.75 Å². The largest absolute Gasteiger partial charge is 0.508 e. The molecule has 12 heteroatoms. The highest BCUT2D eigenvalue weighted by atomic mass is 32.1. The smallest absolute Gasteiger partial charge is 0.326 e. The van der Waals surface area contributed by atoms with Crippen molar-refractivity contribution in [3.05, 3.63) is 46.4 Å². The first-order valence-electron chi connectivity index (χ1n) is 13.4. The second kappa shape index (κ2) is 14.2. The molecule has 5 N–H and O–H groups in total. The molecule has 1 fully saturated rings. The summed E-state index contributed by atoms with van der Waals surface area (Å²) < 4.78 is 0. The molecule has 4 atom stereocenters. The van der Waals surface area contributed by atoms with Gasteiger partial charge in [-0.25, -0.2) is 9.78 Å². The molecular weight excluding hydrogens is 534 g/mol. The van der Waals surface area contributed by atoms with E-state index in [1.54, 1.807) is 23.0 Å². The van der Waals surface area contributed by atoms with Crippen molar-refractivity contribution >= 4 is 35.5 Å². The van der Waals surface area contributed by atoms with Crippen LogP contribution in [0.4, 0.5) is 0 Å². The van der Waals surface area contributed by atoms with Crippen molar-refractivity contribution in [2.45, 2.75) is 83.6 Å². The third-order valence-corrected chi connectivity index (χ3v) is 7.51. The fraction of sp³-hybridized carbons (Fsp3) is 0.536. The Labute approximate surface area is 238 Å². The molecule has 1 aliphatic heterocycles. The topological polar surface area (TPSA) is 161 Å². The van der Waals surface area contributed by atoms with Gasteiger partial charge in [0.05, 0.1) is 17.4 Å². The first-order valence-corrected chi connectivity index (χ1v) is 14.4. The van der Waals surface area contributed by atoms with E-state index in [9.17, 15) is 29.4 Å².